The fraction of sp³-hybridized carbons (Fsp3) is 0.269. The highest BCUT2D eigenvalue weighted by Crippen LogP contribution is 2.32. The van der Waals surface area contributed by atoms with Crippen molar-refractivity contribution < 1.29 is 24.1 Å². The van der Waals surface area contributed by atoms with E-state index in [1.54, 1.807) is 27.2 Å². The van der Waals surface area contributed by atoms with Crippen LogP contribution >= 0.6 is 0 Å². The minimum atomic E-state index is -1.32. The Morgan fingerprint density at radius 2 is 1.44 bits per heavy atom. The third-order valence-corrected chi connectivity index (χ3v) is 5.61. The maximum atomic E-state index is 13.7. The lowest BCUT2D eigenvalue weighted by Crippen LogP contribution is -2.44. The van der Waals surface area contributed by atoms with Gasteiger partial charge in [0, 0.05) is 24.6 Å². The van der Waals surface area contributed by atoms with E-state index in [2.05, 4.69) is 4.99 Å². The molecular weight excluding hydrogens is 409 g/mol. The van der Waals surface area contributed by atoms with Gasteiger partial charge in [-0.25, -0.2) is 4.39 Å². The van der Waals surface area contributed by atoms with Crippen molar-refractivity contribution in [1.29, 1.82) is 0 Å². The molecule has 1 unspecified atom stereocenters. The first-order chi connectivity index (χ1) is 15.4. The second-order valence-corrected chi connectivity index (χ2v) is 7.71. The van der Waals surface area contributed by atoms with Crippen LogP contribution in [-0.2, 0) is 12.8 Å². The molecule has 0 aliphatic rings. The van der Waals surface area contributed by atoms with E-state index in [4.69, 9.17) is 9.47 Å². The molecule has 0 fully saturated rings. The van der Waals surface area contributed by atoms with Crippen LogP contribution in [0.15, 0.2) is 71.7 Å². The average molecular weight is 438 g/mol. The van der Waals surface area contributed by atoms with E-state index in [0.717, 1.165) is 11.1 Å². The summed E-state index contributed by atoms with van der Waals surface area (Å²) in [6, 6.07) is 18.7. The van der Waals surface area contributed by atoms with Gasteiger partial charge in [-0.15, -0.1) is 0 Å². The standard InChI is InChI=1S/C26H28FNO4/c1-18(28-17-21-11-8-12-22(27)25(21)29)26(30,15-19-9-4-6-13-23(19)31-2)16-20-10-5-7-14-24(20)32-3/h4-14,17-18,29-30H,15-16H2,1-3H3. The molecule has 3 aromatic rings. The molecule has 3 rings (SSSR count). The van der Waals surface area contributed by atoms with E-state index >= 15 is 0 Å². The molecule has 3 aromatic carbocycles. The molecule has 0 amide bonds. The van der Waals surface area contributed by atoms with Gasteiger partial charge in [-0.1, -0.05) is 42.5 Å². The van der Waals surface area contributed by atoms with Gasteiger partial charge < -0.3 is 19.7 Å². The largest absolute Gasteiger partial charge is 0.504 e. The van der Waals surface area contributed by atoms with Crippen molar-refractivity contribution in [1.82, 2.24) is 0 Å². The molecule has 0 aliphatic heterocycles. The Labute approximate surface area is 187 Å². The number of hydrogen-bond donors (Lipinski definition) is 2. The number of aromatic hydroxyl groups is 1. The smallest absolute Gasteiger partial charge is 0.165 e. The molecule has 0 aliphatic carbocycles. The zero-order chi connectivity index (χ0) is 23.1. The predicted molar refractivity (Wildman–Crippen MR) is 123 cm³/mol. The lowest BCUT2D eigenvalue weighted by molar-refractivity contribution is 0.0199. The third-order valence-electron chi connectivity index (χ3n) is 5.61. The lowest BCUT2D eigenvalue weighted by atomic mass is 9.82. The van der Waals surface area contributed by atoms with Gasteiger partial charge >= 0.3 is 0 Å². The minimum absolute atomic E-state index is 0.244. The Bertz CT molecular complexity index is 1030. The first-order valence-electron chi connectivity index (χ1n) is 10.3. The van der Waals surface area contributed by atoms with Crippen molar-refractivity contribution in [2.24, 2.45) is 4.99 Å². The first kappa shape index (κ1) is 23.3. The molecule has 0 aromatic heterocycles. The van der Waals surface area contributed by atoms with Crippen molar-refractivity contribution in [3.63, 3.8) is 0 Å². The zero-order valence-corrected chi connectivity index (χ0v) is 18.5. The van der Waals surface area contributed by atoms with Crippen molar-refractivity contribution in [2.45, 2.75) is 31.4 Å². The number of methoxy groups -OCH3 is 2. The van der Waals surface area contributed by atoms with Crippen LogP contribution in [0, 0.1) is 5.82 Å². The first-order valence-corrected chi connectivity index (χ1v) is 10.3. The van der Waals surface area contributed by atoms with Crippen LogP contribution in [-0.4, -0.2) is 42.3 Å². The maximum absolute atomic E-state index is 13.7. The van der Waals surface area contributed by atoms with Crippen molar-refractivity contribution in [2.75, 3.05) is 14.2 Å². The van der Waals surface area contributed by atoms with Crippen LogP contribution in [0.25, 0.3) is 0 Å². The molecule has 0 saturated heterocycles. The van der Waals surface area contributed by atoms with Gasteiger partial charge in [0.05, 0.1) is 25.9 Å². The summed E-state index contributed by atoms with van der Waals surface area (Å²) in [5, 5.41) is 21.8. The summed E-state index contributed by atoms with van der Waals surface area (Å²) in [5.74, 6) is 0.149. The Balaban J connectivity index is 1.98. The van der Waals surface area contributed by atoms with Crippen molar-refractivity contribution in [3.05, 3.63) is 89.2 Å². The van der Waals surface area contributed by atoms with Gasteiger partial charge in [0.2, 0.25) is 0 Å². The number of rotatable bonds is 9. The molecule has 0 saturated carbocycles. The number of phenols is 1. The summed E-state index contributed by atoms with van der Waals surface area (Å²) >= 11 is 0. The van der Waals surface area contributed by atoms with E-state index in [-0.39, 0.29) is 18.4 Å². The molecular formula is C26H28FNO4. The fourth-order valence-electron chi connectivity index (χ4n) is 3.68. The third kappa shape index (κ3) is 5.26. The molecule has 32 heavy (non-hydrogen) atoms. The number of para-hydroxylation sites is 3. The zero-order valence-electron chi connectivity index (χ0n) is 18.5. The molecule has 5 nitrogen and oxygen atoms in total. The number of phenolic OH excluding ortho intramolecular Hbond substituents is 1. The van der Waals surface area contributed by atoms with E-state index < -0.39 is 23.2 Å². The number of ether oxygens (including phenoxy) is 2. The van der Waals surface area contributed by atoms with Crippen LogP contribution in [0.4, 0.5) is 4.39 Å². The summed E-state index contributed by atoms with van der Waals surface area (Å²) in [6.45, 7) is 1.79. The van der Waals surface area contributed by atoms with Gasteiger partial charge in [0.25, 0.3) is 0 Å². The van der Waals surface area contributed by atoms with E-state index in [1.807, 2.05) is 48.5 Å². The monoisotopic (exact) mass is 437 g/mol. The topological polar surface area (TPSA) is 71.3 Å². The molecule has 6 heteroatoms. The molecule has 0 bridgehead atoms. The number of aliphatic hydroxyl groups is 1. The number of halogens is 1. The second kappa shape index (κ2) is 10.3. The normalized spacial score (nSPS) is 12.7. The second-order valence-electron chi connectivity index (χ2n) is 7.71. The summed E-state index contributed by atoms with van der Waals surface area (Å²) in [4.78, 5) is 4.49. The van der Waals surface area contributed by atoms with Crippen LogP contribution < -0.4 is 9.47 Å². The number of nitrogens with zero attached hydrogens (tertiary/aromatic N) is 1. The Hall–Kier alpha value is -3.38. The minimum Gasteiger partial charge on any atom is -0.504 e. The van der Waals surface area contributed by atoms with Crippen LogP contribution in [0.1, 0.15) is 23.6 Å². The average Bonchev–Trinajstić information content (AvgIpc) is 2.80. The molecule has 168 valence electrons. The van der Waals surface area contributed by atoms with Gasteiger partial charge in [-0.3, -0.25) is 4.99 Å². The highest BCUT2D eigenvalue weighted by atomic mass is 19.1. The number of benzene rings is 3. The fourth-order valence-corrected chi connectivity index (χ4v) is 3.68. The summed E-state index contributed by atoms with van der Waals surface area (Å²) in [5.41, 5.74) is 0.600. The van der Waals surface area contributed by atoms with E-state index in [1.165, 1.54) is 18.3 Å². The molecule has 1 atom stereocenters. The number of aliphatic imine (C=N–C) groups is 1. The van der Waals surface area contributed by atoms with E-state index in [0.29, 0.717) is 11.5 Å². The lowest BCUT2D eigenvalue weighted by Gasteiger charge is -2.33. The van der Waals surface area contributed by atoms with Crippen molar-refractivity contribution >= 4 is 6.21 Å². The Kier molecular flexibility index (Phi) is 7.49. The van der Waals surface area contributed by atoms with Crippen LogP contribution in [0.3, 0.4) is 0 Å². The van der Waals surface area contributed by atoms with Gasteiger partial charge in [-0.2, -0.15) is 0 Å². The Morgan fingerprint density at radius 1 is 0.906 bits per heavy atom. The molecule has 2 N–H and O–H groups in total. The van der Waals surface area contributed by atoms with Crippen molar-refractivity contribution in [3.8, 4) is 17.2 Å². The van der Waals surface area contributed by atoms with Gasteiger partial charge in [-0.05, 0) is 42.3 Å². The highest BCUT2D eigenvalue weighted by molar-refractivity contribution is 5.83. The SMILES string of the molecule is COc1ccccc1CC(O)(Cc1ccccc1OC)C(C)N=Cc1cccc(F)c1O. The molecule has 0 radical (unpaired) electrons. The quantitative estimate of drug-likeness (QED) is 0.481. The Morgan fingerprint density at radius 3 is 1.97 bits per heavy atom. The maximum Gasteiger partial charge on any atom is 0.165 e. The molecule has 0 spiro atoms. The van der Waals surface area contributed by atoms with E-state index in [9.17, 15) is 14.6 Å². The summed E-state index contributed by atoms with van der Waals surface area (Å²) < 4.78 is 24.6. The summed E-state index contributed by atoms with van der Waals surface area (Å²) in [6.07, 6.45) is 1.92. The number of hydrogen-bond acceptors (Lipinski definition) is 5. The predicted octanol–water partition coefficient (Wildman–Crippen LogP) is 4.57. The van der Waals surface area contributed by atoms with Gasteiger partial charge in [0.15, 0.2) is 11.6 Å². The summed E-state index contributed by atoms with van der Waals surface area (Å²) in [7, 11) is 3.18. The van der Waals surface area contributed by atoms with Gasteiger partial charge in [0.1, 0.15) is 11.5 Å². The molecule has 0 heterocycles. The highest BCUT2D eigenvalue weighted by Gasteiger charge is 2.36. The van der Waals surface area contributed by atoms with Crippen LogP contribution in [0.2, 0.25) is 0 Å². The van der Waals surface area contributed by atoms with Crippen LogP contribution in [0.5, 0.6) is 17.2 Å².